The third-order valence-electron chi connectivity index (χ3n) is 2.26. The first-order valence-corrected chi connectivity index (χ1v) is 4.39. The summed E-state index contributed by atoms with van der Waals surface area (Å²) in [5.74, 6) is 0. The van der Waals surface area contributed by atoms with E-state index >= 15 is 0 Å². The predicted octanol–water partition coefficient (Wildman–Crippen LogP) is 2.69. The van der Waals surface area contributed by atoms with Crippen molar-refractivity contribution in [3.63, 3.8) is 0 Å². The highest BCUT2D eigenvalue weighted by Crippen LogP contribution is 2.36. The number of hydrogen-bond acceptors (Lipinski definition) is 2. The van der Waals surface area contributed by atoms with Crippen LogP contribution in [0.2, 0.25) is 0 Å². The maximum atomic E-state index is 12.6. The summed E-state index contributed by atoms with van der Waals surface area (Å²) >= 11 is 0. The van der Waals surface area contributed by atoms with Crippen LogP contribution in [0.15, 0.2) is 24.3 Å². The van der Waals surface area contributed by atoms with Gasteiger partial charge in [-0.3, -0.25) is 0 Å². The van der Waals surface area contributed by atoms with Crippen molar-refractivity contribution in [2.24, 2.45) is 0 Å². The molecule has 2 nitrogen and oxygen atoms in total. The van der Waals surface area contributed by atoms with Gasteiger partial charge >= 0.3 is 6.18 Å². The summed E-state index contributed by atoms with van der Waals surface area (Å²) in [6, 6.07) is 6.17. The van der Waals surface area contributed by atoms with Crippen LogP contribution in [0.1, 0.15) is 18.1 Å². The van der Waals surface area contributed by atoms with Gasteiger partial charge in [-0.15, -0.1) is 0 Å². The Balaban J connectivity index is 3.47. The van der Waals surface area contributed by atoms with Crippen LogP contribution in [0.4, 0.5) is 13.2 Å². The van der Waals surface area contributed by atoms with Crippen molar-refractivity contribution >= 4 is 6.29 Å². The zero-order valence-corrected chi connectivity index (χ0v) is 8.38. The van der Waals surface area contributed by atoms with Crippen LogP contribution in [0, 0.1) is 11.3 Å². The molecule has 0 amide bonds. The summed E-state index contributed by atoms with van der Waals surface area (Å²) in [4.78, 5) is 10.7. The quantitative estimate of drug-likeness (QED) is 0.729. The first-order valence-electron chi connectivity index (χ1n) is 4.39. The SMILES string of the molecule is CC(C#N)(C=O)c1ccccc1C(F)(F)F. The highest BCUT2D eigenvalue weighted by molar-refractivity contribution is 5.73. The zero-order valence-electron chi connectivity index (χ0n) is 8.38. The number of rotatable bonds is 2. The van der Waals surface area contributed by atoms with E-state index in [0.717, 1.165) is 19.1 Å². The summed E-state index contributed by atoms with van der Waals surface area (Å²) < 4.78 is 37.9. The Labute approximate surface area is 90.3 Å². The van der Waals surface area contributed by atoms with Crippen molar-refractivity contribution in [1.82, 2.24) is 0 Å². The van der Waals surface area contributed by atoms with Crippen LogP contribution in [0.25, 0.3) is 0 Å². The van der Waals surface area contributed by atoms with Gasteiger partial charge in [0.2, 0.25) is 0 Å². The summed E-state index contributed by atoms with van der Waals surface area (Å²) in [5, 5.41) is 8.78. The van der Waals surface area contributed by atoms with E-state index in [1.165, 1.54) is 12.1 Å². The lowest BCUT2D eigenvalue weighted by atomic mass is 9.82. The second-order valence-corrected chi connectivity index (χ2v) is 3.48. The fraction of sp³-hybridized carbons (Fsp3) is 0.273. The minimum Gasteiger partial charge on any atom is -0.301 e. The van der Waals surface area contributed by atoms with Crippen LogP contribution in [0.5, 0.6) is 0 Å². The molecule has 0 bridgehead atoms. The molecular formula is C11H8F3NO. The van der Waals surface area contributed by atoms with Gasteiger partial charge in [-0.05, 0) is 18.6 Å². The third-order valence-corrected chi connectivity index (χ3v) is 2.26. The van der Waals surface area contributed by atoms with Gasteiger partial charge in [0.25, 0.3) is 0 Å². The Morgan fingerprint density at radius 2 is 1.75 bits per heavy atom. The Kier molecular flexibility index (Phi) is 3.04. The van der Waals surface area contributed by atoms with E-state index in [9.17, 15) is 18.0 Å². The molecule has 0 N–H and O–H groups in total. The molecule has 0 radical (unpaired) electrons. The average Bonchev–Trinajstić information content (AvgIpc) is 2.27. The molecule has 1 aromatic rings. The molecule has 16 heavy (non-hydrogen) atoms. The Morgan fingerprint density at radius 3 is 2.12 bits per heavy atom. The molecule has 84 valence electrons. The number of benzene rings is 1. The van der Waals surface area contributed by atoms with Gasteiger partial charge in [0.05, 0.1) is 11.6 Å². The summed E-state index contributed by atoms with van der Waals surface area (Å²) in [6.45, 7) is 1.16. The van der Waals surface area contributed by atoms with Gasteiger partial charge in [0, 0.05) is 0 Å². The predicted molar refractivity (Wildman–Crippen MR) is 50.5 cm³/mol. The fourth-order valence-electron chi connectivity index (χ4n) is 1.33. The molecule has 0 fully saturated rings. The molecule has 1 aromatic carbocycles. The molecule has 1 rings (SSSR count). The largest absolute Gasteiger partial charge is 0.416 e. The van der Waals surface area contributed by atoms with Crippen molar-refractivity contribution in [2.75, 3.05) is 0 Å². The lowest BCUT2D eigenvalue weighted by Crippen LogP contribution is -2.25. The highest BCUT2D eigenvalue weighted by atomic mass is 19.4. The van der Waals surface area contributed by atoms with Crippen LogP contribution in [-0.4, -0.2) is 6.29 Å². The normalized spacial score (nSPS) is 14.9. The molecule has 0 saturated carbocycles. The standard InChI is InChI=1S/C11H8F3NO/c1-10(6-15,7-16)8-4-2-3-5-9(8)11(12,13)14/h2-5,7H,1H3. The second kappa shape index (κ2) is 3.97. The fourth-order valence-corrected chi connectivity index (χ4v) is 1.33. The second-order valence-electron chi connectivity index (χ2n) is 3.48. The molecule has 0 aliphatic heterocycles. The molecule has 0 heterocycles. The highest BCUT2D eigenvalue weighted by Gasteiger charge is 2.39. The number of carbonyl (C=O) groups is 1. The zero-order chi connectivity index (χ0) is 12.4. The molecule has 0 aliphatic rings. The van der Waals surface area contributed by atoms with Gasteiger partial charge in [-0.2, -0.15) is 18.4 Å². The van der Waals surface area contributed by atoms with Gasteiger partial charge in [-0.25, -0.2) is 0 Å². The summed E-state index contributed by atoms with van der Waals surface area (Å²) in [5.41, 5.74) is -3.04. The lowest BCUT2D eigenvalue weighted by molar-refractivity contribution is -0.138. The monoisotopic (exact) mass is 227 g/mol. The van der Waals surface area contributed by atoms with E-state index in [4.69, 9.17) is 5.26 Å². The molecule has 0 spiro atoms. The lowest BCUT2D eigenvalue weighted by Gasteiger charge is -2.20. The summed E-state index contributed by atoms with van der Waals surface area (Å²) in [6.07, 6.45) is -4.35. The molecule has 0 aliphatic carbocycles. The maximum absolute atomic E-state index is 12.6. The van der Waals surface area contributed by atoms with E-state index < -0.39 is 17.2 Å². The van der Waals surface area contributed by atoms with Crippen molar-refractivity contribution in [2.45, 2.75) is 18.5 Å². The van der Waals surface area contributed by atoms with E-state index in [1.54, 1.807) is 6.07 Å². The number of hydrogen-bond donors (Lipinski definition) is 0. The average molecular weight is 227 g/mol. The van der Waals surface area contributed by atoms with E-state index in [1.807, 2.05) is 0 Å². The smallest absolute Gasteiger partial charge is 0.301 e. The number of halogens is 3. The van der Waals surface area contributed by atoms with Crippen molar-refractivity contribution in [1.29, 1.82) is 5.26 Å². The number of nitrogens with zero attached hydrogens (tertiary/aromatic N) is 1. The van der Waals surface area contributed by atoms with Crippen LogP contribution in [-0.2, 0) is 16.4 Å². The maximum Gasteiger partial charge on any atom is 0.416 e. The number of nitriles is 1. The van der Waals surface area contributed by atoms with E-state index in [-0.39, 0.29) is 11.8 Å². The summed E-state index contributed by atoms with van der Waals surface area (Å²) in [7, 11) is 0. The Bertz CT molecular complexity index is 447. The number of carbonyl (C=O) groups excluding carboxylic acids is 1. The first kappa shape index (κ1) is 12.2. The number of aldehydes is 1. The van der Waals surface area contributed by atoms with Gasteiger partial charge in [-0.1, -0.05) is 18.2 Å². The molecule has 0 saturated heterocycles. The van der Waals surface area contributed by atoms with Gasteiger partial charge < -0.3 is 4.79 Å². The number of alkyl halides is 3. The molecule has 0 aromatic heterocycles. The van der Waals surface area contributed by atoms with E-state index in [0.29, 0.717) is 0 Å². The molecule has 5 heteroatoms. The van der Waals surface area contributed by atoms with Gasteiger partial charge in [0.1, 0.15) is 11.7 Å². The topological polar surface area (TPSA) is 40.9 Å². The Hall–Kier alpha value is -1.83. The van der Waals surface area contributed by atoms with Crippen LogP contribution in [0.3, 0.4) is 0 Å². The molecular weight excluding hydrogens is 219 g/mol. The van der Waals surface area contributed by atoms with Crippen molar-refractivity contribution in [3.8, 4) is 6.07 Å². The minimum absolute atomic E-state index is 0.220. The third kappa shape index (κ3) is 2.06. The van der Waals surface area contributed by atoms with E-state index in [2.05, 4.69) is 0 Å². The van der Waals surface area contributed by atoms with Gasteiger partial charge in [0.15, 0.2) is 0 Å². The van der Waals surface area contributed by atoms with Crippen LogP contribution >= 0.6 is 0 Å². The minimum atomic E-state index is -4.57. The molecule has 1 atom stereocenters. The van der Waals surface area contributed by atoms with Crippen molar-refractivity contribution < 1.29 is 18.0 Å². The van der Waals surface area contributed by atoms with Crippen LogP contribution < -0.4 is 0 Å². The Morgan fingerprint density at radius 1 is 1.25 bits per heavy atom. The molecule has 1 unspecified atom stereocenters. The first-order chi connectivity index (χ1) is 7.35. The van der Waals surface area contributed by atoms with Crippen molar-refractivity contribution in [3.05, 3.63) is 35.4 Å².